The van der Waals surface area contributed by atoms with Crippen molar-refractivity contribution >= 4 is 34.8 Å². The molecule has 0 spiro atoms. The lowest BCUT2D eigenvalue weighted by molar-refractivity contribution is -0.132. The van der Waals surface area contributed by atoms with Gasteiger partial charge in [-0.15, -0.1) is 11.3 Å². The second kappa shape index (κ2) is 9.39. The van der Waals surface area contributed by atoms with Crippen LogP contribution in [0.15, 0.2) is 24.3 Å². The van der Waals surface area contributed by atoms with Crippen LogP contribution in [0.25, 0.3) is 0 Å². The highest BCUT2D eigenvalue weighted by atomic mass is 35.5. The Kier molecular flexibility index (Phi) is 6.91. The number of nitrogens with zero attached hydrogens (tertiary/aromatic N) is 2. The van der Waals surface area contributed by atoms with Crippen molar-refractivity contribution in [3.8, 4) is 5.75 Å². The van der Waals surface area contributed by atoms with E-state index in [1.807, 2.05) is 4.90 Å². The molecule has 1 aliphatic rings. The number of ether oxygens (including phenoxy) is 1. The number of benzene rings is 1. The Balaban J connectivity index is 1.79. The maximum atomic E-state index is 12.5. The smallest absolute Gasteiger partial charge is 0.347 e. The number of aromatic carboxylic acids is 1. The fourth-order valence-electron chi connectivity index (χ4n) is 3.28. The molecule has 2 heterocycles. The van der Waals surface area contributed by atoms with Crippen LogP contribution >= 0.6 is 22.9 Å². The van der Waals surface area contributed by atoms with Gasteiger partial charge in [0.25, 0.3) is 0 Å². The van der Waals surface area contributed by atoms with Gasteiger partial charge in [-0.25, -0.2) is 9.78 Å². The summed E-state index contributed by atoms with van der Waals surface area (Å²) in [5.41, 5.74) is 0.361. The first-order chi connectivity index (χ1) is 13.5. The predicted molar refractivity (Wildman–Crippen MR) is 108 cm³/mol. The summed E-state index contributed by atoms with van der Waals surface area (Å²) in [6, 6.07) is 6.87. The fraction of sp³-hybridized carbons (Fsp3) is 0.450. The first-order valence-corrected chi connectivity index (χ1v) is 10.6. The number of halogens is 1. The number of carbonyl (C=O) groups excluding carboxylic acids is 1. The third kappa shape index (κ3) is 4.64. The molecule has 1 atom stereocenters. The molecule has 1 fully saturated rings. The number of likely N-dealkylation sites (tertiary alicyclic amines) is 1. The Hall–Kier alpha value is -2.12. The molecule has 0 saturated carbocycles. The van der Waals surface area contributed by atoms with Crippen molar-refractivity contribution in [3.63, 3.8) is 0 Å². The van der Waals surface area contributed by atoms with Crippen molar-refractivity contribution in [1.82, 2.24) is 9.88 Å². The topological polar surface area (TPSA) is 79.7 Å². The predicted octanol–water partition coefficient (Wildman–Crippen LogP) is 4.93. The lowest BCUT2D eigenvalue weighted by atomic mass is 10.2. The minimum absolute atomic E-state index is 0.0123. The zero-order valence-electron chi connectivity index (χ0n) is 15.7. The highest BCUT2D eigenvalue weighted by molar-refractivity contribution is 7.13. The molecule has 0 radical (unpaired) electrons. The summed E-state index contributed by atoms with van der Waals surface area (Å²) in [6.45, 7) is 2.76. The summed E-state index contributed by atoms with van der Waals surface area (Å²) in [5.74, 6) is -0.444. The van der Waals surface area contributed by atoms with E-state index in [0.29, 0.717) is 34.4 Å². The number of para-hydroxylation sites is 1. The number of carboxylic acid groups (broad SMARTS) is 1. The van der Waals surface area contributed by atoms with Crippen molar-refractivity contribution in [2.24, 2.45) is 0 Å². The quantitative estimate of drug-likeness (QED) is 0.652. The van der Waals surface area contributed by atoms with Crippen molar-refractivity contribution in [2.75, 3.05) is 6.54 Å². The number of hydrogen-bond donors (Lipinski definition) is 1. The molecule has 1 aromatic heterocycles. The van der Waals surface area contributed by atoms with Gasteiger partial charge >= 0.3 is 5.97 Å². The van der Waals surface area contributed by atoms with Crippen molar-refractivity contribution in [1.29, 1.82) is 0 Å². The van der Waals surface area contributed by atoms with Crippen molar-refractivity contribution < 1.29 is 19.4 Å². The molecule has 28 heavy (non-hydrogen) atoms. The van der Waals surface area contributed by atoms with E-state index in [0.717, 1.165) is 37.0 Å². The van der Waals surface area contributed by atoms with Crippen LogP contribution in [0, 0.1) is 0 Å². The van der Waals surface area contributed by atoms with Gasteiger partial charge in [0.1, 0.15) is 27.9 Å². The lowest BCUT2D eigenvalue weighted by Gasteiger charge is -2.23. The van der Waals surface area contributed by atoms with Crippen LogP contribution in [0.3, 0.4) is 0 Å². The zero-order valence-corrected chi connectivity index (χ0v) is 17.3. The highest BCUT2D eigenvalue weighted by Crippen LogP contribution is 2.36. The molecule has 0 aliphatic carbocycles. The summed E-state index contributed by atoms with van der Waals surface area (Å²) in [4.78, 5) is 30.7. The molecular weight excluding hydrogens is 400 g/mol. The van der Waals surface area contributed by atoms with E-state index in [1.54, 1.807) is 24.3 Å². The molecule has 6 nitrogen and oxygen atoms in total. The number of rotatable bonds is 8. The molecule has 1 N–H and O–H groups in total. The highest BCUT2D eigenvalue weighted by Gasteiger charge is 2.33. The molecule has 1 aliphatic heterocycles. The number of amides is 1. The molecule has 8 heteroatoms. The Morgan fingerprint density at radius 2 is 2.18 bits per heavy atom. The summed E-state index contributed by atoms with van der Waals surface area (Å²) in [7, 11) is 0. The first kappa shape index (κ1) is 20.6. The van der Waals surface area contributed by atoms with Crippen LogP contribution in [0.2, 0.25) is 5.02 Å². The van der Waals surface area contributed by atoms with Crippen LogP contribution in [0.5, 0.6) is 5.75 Å². The van der Waals surface area contributed by atoms with E-state index in [2.05, 4.69) is 11.9 Å². The summed E-state index contributed by atoms with van der Waals surface area (Å²) in [5, 5.41) is 10.7. The minimum Gasteiger partial charge on any atom is -0.486 e. The molecule has 2 aromatic rings. The molecule has 1 saturated heterocycles. The maximum Gasteiger partial charge on any atom is 0.347 e. The number of aromatic nitrogens is 1. The molecule has 150 valence electrons. The average molecular weight is 423 g/mol. The van der Waals surface area contributed by atoms with E-state index < -0.39 is 5.97 Å². The van der Waals surface area contributed by atoms with Crippen LogP contribution in [-0.4, -0.2) is 33.4 Å². The number of hydrogen-bond acceptors (Lipinski definition) is 5. The van der Waals surface area contributed by atoms with Gasteiger partial charge in [0.15, 0.2) is 0 Å². The van der Waals surface area contributed by atoms with E-state index in [9.17, 15) is 14.7 Å². The van der Waals surface area contributed by atoms with Crippen molar-refractivity contribution in [2.45, 2.75) is 51.7 Å². The average Bonchev–Trinajstić information content (AvgIpc) is 3.32. The molecule has 3 rings (SSSR count). The van der Waals surface area contributed by atoms with Gasteiger partial charge in [0.05, 0.1) is 11.1 Å². The largest absolute Gasteiger partial charge is 0.486 e. The molecule has 1 aromatic carbocycles. The second-order valence-electron chi connectivity index (χ2n) is 6.70. The van der Waals surface area contributed by atoms with Crippen molar-refractivity contribution in [3.05, 3.63) is 44.9 Å². The SMILES string of the molecule is CCCCC(=O)N1CCCC1c1nc(COc2ccccc2Cl)c(C(=O)O)s1. The zero-order chi connectivity index (χ0) is 20.1. The molecule has 1 amide bonds. The van der Waals surface area contributed by atoms with Gasteiger partial charge in [0.2, 0.25) is 5.91 Å². The van der Waals surface area contributed by atoms with Gasteiger partial charge in [-0.05, 0) is 31.4 Å². The lowest BCUT2D eigenvalue weighted by Crippen LogP contribution is -2.30. The normalized spacial score (nSPS) is 16.4. The van der Waals surface area contributed by atoms with Crippen LogP contribution in [0.1, 0.15) is 65.4 Å². The van der Waals surface area contributed by atoms with Gasteiger partial charge in [-0.3, -0.25) is 4.79 Å². The third-order valence-corrected chi connectivity index (χ3v) is 6.21. The first-order valence-electron chi connectivity index (χ1n) is 9.41. The third-order valence-electron chi connectivity index (χ3n) is 4.71. The van der Waals surface area contributed by atoms with E-state index >= 15 is 0 Å². The van der Waals surface area contributed by atoms with Crippen LogP contribution in [-0.2, 0) is 11.4 Å². The molecule has 1 unspecified atom stereocenters. The van der Waals surface area contributed by atoms with Crippen LogP contribution in [0.4, 0.5) is 0 Å². The summed E-state index contributed by atoms with van der Waals surface area (Å²) in [6.07, 6.45) is 4.04. The number of carboxylic acids is 1. The van der Waals surface area contributed by atoms with E-state index in [-0.39, 0.29) is 23.4 Å². The van der Waals surface area contributed by atoms with E-state index in [1.165, 1.54) is 0 Å². The van der Waals surface area contributed by atoms with Crippen LogP contribution < -0.4 is 4.74 Å². The Bertz CT molecular complexity index is 854. The number of unbranched alkanes of at least 4 members (excludes halogenated alkanes) is 1. The summed E-state index contributed by atoms with van der Waals surface area (Å²) < 4.78 is 5.69. The number of thiazole rings is 1. The maximum absolute atomic E-state index is 12.5. The minimum atomic E-state index is -1.04. The standard InChI is InChI=1S/C20H23ClN2O4S/c1-2-3-10-17(24)23-11-6-8-15(23)19-22-14(18(28-19)20(25)26)12-27-16-9-5-4-7-13(16)21/h4-5,7,9,15H,2-3,6,8,10-12H2,1H3,(H,25,26). The van der Waals surface area contributed by atoms with E-state index in [4.69, 9.17) is 16.3 Å². The molecule has 0 bridgehead atoms. The Morgan fingerprint density at radius 3 is 2.89 bits per heavy atom. The number of carbonyl (C=O) groups is 2. The van der Waals surface area contributed by atoms with Gasteiger partial charge < -0.3 is 14.7 Å². The van der Waals surface area contributed by atoms with Gasteiger partial charge in [-0.1, -0.05) is 37.1 Å². The molecular formula is C20H23ClN2O4S. The Labute approximate surface area is 173 Å². The summed E-state index contributed by atoms with van der Waals surface area (Å²) >= 11 is 7.23. The fourth-order valence-corrected chi connectivity index (χ4v) is 4.53. The Morgan fingerprint density at radius 1 is 1.39 bits per heavy atom. The second-order valence-corrected chi connectivity index (χ2v) is 8.14. The van der Waals surface area contributed by atoms with Gasteiger partial charge in [0, 0.05) is 13.0 Å². The monoisotopic (exact) mass is 422 g/mol. The van der Waals surface area contributed by atoms with Gasteiger partial charge in [-0.2, -0.15) is 0 Å².